The van der Waals surface area contributed by atoms with Crippen LogP contribution in [0.2, 0.25) is 0 Å². The molecule has 1 aliphatic carbocycles. The van der Waals surface area contributed by atoms with Crippen molar-refractivity contribution in [3.05, 3.63) is 46.7 Å². The fourth-order valence-electron chi connectivity index (χ4n) is 3.07. The summed E-state index contributed by atoms with van der Waals surface area (Å²) in [6.07, 6.45) is 12.0. The number of amides is 1. The third kappa shape index (κ3) is 4.58. The molecule has 2 aliphatic heterocycles. The summed E-state index contributed by atoms with van der Waals surface area (Å²) in [5.74, 6) is 0.777. The van der Waals surface area contributed by atoms with E-state index in [1.165, 1.54) is 0 Å². The second-order valence-electron chi connectivity index (χ2n) is 7.59. The van der Waals surface area contributed by atoms with E-state index in [2.05, 4.69) is 17.1 Å². The van der Waals surface area contributed by atoms with E-state index >= 15 is 0 Å². The molecule has 0 unspecified atom stereocenters. The van der Waals surface area contributed by atoms with Gasteiger partial charge in [0.15, 0.2) is 0 Å². The van der Waals surface area contributed by atoms with E-state index in [4.69, 9.17) is 21.3 Å². The van der Waals surface area contributed by atoms with Crippen molar-refractivity contribution in [2.75, 3.05) is 26.2 Å². The van der Waals surface area contributed by atoms with Gasteiger partial charge >= 0.3 is 6.09 Å². The molecule has 1 fully saturated rings. The zero-order valence-corrected chi connectivity index (χ0v) is 16.4. The number of allylic oxidation sites excluding steroid dienone is 5. The number of amidine groups is 1. The summed E-state index contributed by atoms with van der Waals surface area (Å²) >= 11 is 6.50. The molecule has 1 saturated heterocycles. The van der Waals surface area contributed by atoms with Gasteiger partial charge in [0, 0.05) is 26.2 Å². The molecule has 0 N–H and O–H groups in total. The molecule has 6 heteroatoms. The highest BCUT2D eigenvalue weighted by atomic mass is 35.5. The standard InChI is InChI=1S/C20H26ClN3O2/c1-20(2,3)26-19(25)24-13-11-23(12-14-24)18-16(21)9-6-8-15-7-4-5-10-17(15)22-18/h6-10H,4-5,11-14H2,1-3H3. The van der Waals surface area contributed by atoms with Gasteiger partial charge in [-0.25, -0.2) is 9.79 Å². The lowest BCUT2D eigenvalue weighted by Gasteiger charge is -2.37. The summed E-state index contributed by atoms with van der Waals surface area (Å²) < 4.78 is 5.46. The lowest BCUT2D eigenvalue weighted by Crippen LogP contribution is -2.51. The number of aliphatic imine (C=N–C) groups is 1. The SMILES string of the molecule is CC(C)(C)OC(=O)N1CCN(C2=NC3=CCCC=C3C=CC=C2Cl)CC1. The molecule has 0 saturated carbocycles. The Morgan fingerprint density at radius 3 is 2.54 bits per heavy atom. The summed E-state index contributed by atoms with van der Waals surface area (Å²) in [5, 5.41) is 0.623. The number of nitrogens with zero attached hydrogens (tertiary/aromatic N) is 3. The average Bonchev–Trinajstić information content (AvgIpc) is 2.57. The van der Waals surface area contributed by atoms with Crippen LogP contribution in [0.1, 0.15) is 33.6 Å². The number of piperazine rings is 1. The van der Waals surface area contributed by atoms with Crippen molar-refractivity contribution in [1.82, 2.24) is 9.80 Å². The maximum absolute atomic E-state index is 12.2. The minimum atomic E-state index is -0.480. The van der Waals surface area contributed by atoms with Crippen molar-refractivity contribution in [3.8, 4) is 0 Å². The monoisotopic (exact) mass is 375 g/mol. The number of carbonyl (C=O) groups is 1. The zero-order valence-electron chi connectivity index (χ0n) is 15.7. The van der Waals surface area contributed by atoms with Crippen LogP contribution in [0.5, 0.6) is 0 Å². The Kier molecular flexibility index (Phi) is 5.56. The highest BCUT2D eigenvalue weighted by molar-refractivity contribution is 6.43. The highest BCUT2D eigenvalue weighted by Crippen LogP contribution is 2.26. The Balaban J connectivity index is 1.72. The van der Waals surface area contributed by atoms with Crippen LogP contribution in [0.25, 0.3) is 0 Å². The van der Waals surface area contributed by atoms with Gasteiger partial charge in [0.25, 0.3) is 0 Å². The number of carbonyl (C=O) groups excluding carboxylic acids is 1. The number of hydrogen-bond acceptors (Lipinski definition) is 4. The molecule has 0 radical (unpaired) electrons. The molecule has 1 amide bonds. The van der Waals surface area contributed by atoms with E-state index in [9.17, 15) is 4.79 Å². The molecule has 140 valence electrons. The Bertz CT molecular complexity index is 718. The summed E-state index contributed by atoms with van der Waals surface area (Å²) in [5.41, 5.74) is 1.64. The van der Waals surface area contributed by atoms with E-state index in [-0.39, 0.29) is 6.09 Å². The van der Waals surface area contributed by atoms with Gasteiger partial charge in [-0.3, -0.25) is 0 Å². The Morgan fingerprint density at radius 1 is 1.15 bits per heavy atom. The van der Waals surface area contributed by atoms with Crippen molar-refractivity contribution >= 4 is 23.5 Å². The minimum absolute atomic E-state index is 0.262. The van der Waals surface area contributed by atoms with Gasteiger partial charge in [-0.05, 0) is 45.3 Å². The number of rotatable bonds is 0. The molecular weight excluding hydrogens is 350 g/mol. The molecule has 0 aromatic heterocycles. The van der Waals surface area contributed by atoms with Gasteiger partial charge in [-0.2, -0.15) is 0 Å². The van der Waals surface area contributed by atoms with Gasteiger partial charge in [-0.1, -0.05) is 35.9 Å². The summed E-state index contributed by atoms with van der Waals surface area (Å²) in [6, 6.07) is 0. The maximum Gasteiger partial charge on any atom is 0.410 e. The Morgan fingerprint density at radius 2 is 1.85 bits per heavy atom. The molecule has 0 bridgehead atoms. The first-order valence-corrected chi connectivity index (χ1v) is 9.48. The largest absolute Gasteiger partial charge is 0.444 e. The van der Waals surface area contributed by atoms with Crippen molar-refractivity contribution in [2.24, 2.45) is 4.99 Å². The quantitative estimate of drug-likeness (QED) is 0.636. The van der Waals surface area contributed by atoms with Gasteiger partial charge in [0.1, 0.15) is 11.4 Å². The van der Waals surface area contributed by atoms with Crippen molar-refractivity contribution < 1.29 is 9.53 Å². The van der Waals surface area contributed by atoms with Gasteiger partial charge in [0.2, 0.25) is 0 Å². The van der Waals surface area contributed by atoms with Crippen molar-refractivity contribution in [2.45, 2.75) is 39.2 Å². The van der Waals surface area contributed by atoms with Crippen LogP contribution in [0.15, 0.2) is 51.7 Å². The van der Waals surface area contributed by atoms with Crippen LogP contribution >= 0.6 is 11.6 Å². The number of fused-ring (bicyclic) bond motifs is 1. The molecule has 3 aliphatic rings. The van der Waals surface area contributed by atoms with Gasteiger partial charge < -0.3 is 14.5 Å². The van der Waals surface area contributed by atoms with Crippen LogP contribution in [-0.4, -0.2) is 53.5 Å². The van der Waals surface area contributed by atoms with Gasteiger partial charge in [0.05, 0.1) is 10.7 Å². The zero-order chi connectivity index (χ0) is 18.7. The lowest BCUT2D eigenvalue weighted by atomic mass is 10.0. The van der Waals surface area contributed by atoms with Crippen molar-refractivity contribution in [3.63, 3.8) is 0 Å². The first-order chi connectivity index (χ1) is 12.3. The molecular formula is C20H26ClN3O2. The lowest BCUT2D eigenvalue weighted by molar-refractivity contribution is 0.0187. The molecule has 0 aromatic carbocycles. The Labute approximate surface area is 160 Å². The number of hydrogen-bond donors (Lipinski definition) is 0. The average molecular weight is 376 g/mol. The smallest absolute Gasteiger partial charge is 0.410 e. The molecule has 0 atom stereocenters. The van der Waals surface area contributed by atoms with E-state index in [0.717, 1.165) is 29.9 Å². The first kappa shape index (κ1) is 18.8. The van der Waals surface area contributed by atoms with E-state index in [0.29, 0.717) is 31.2 Å². The minimum Gasteiger partial charge on any atom is -0.444 e. The summed E-state index contributed by atoms with van der Waals surface area (Å²) in [7, 11) is 0. The number of ether oxygens (including phenoxy) is 1. The molecule has 26 heavy (non-hydrogen) atoms. The second kappa shape index (κ2) is 7.70. The van der Waals surface area contributed by atoms with E-state index in [1.54, 1.807) is 4.90 Å². The molecule has 2 heterocycles. The van der Waals surface area contributed by atoms with E-state index < -0.39 is 5.60 Å². The first-order valence-electron chi connectivity index (χ1n) is 9.10. The fourth-order valence-corrected chi connectivity index (χ4v) is 3.31. The third-order valence-corrected chi connectivity index (χ3v) is 4.65. The number of halogens is 1. The molecule has 3 rings (SSSR count). The summed E-state index contributed by atoms with van der Waals surface area (Å²) in [4.78, 5) is 21.0. The topological polar surface area (TPSA) is 45.1 Å². The van der Waals surface area contributed by atoms with Crippen LogP contribution in [0.3, 0.4) is 0 Å². The van der Waals surface area contributed by atoms with Crippen LogP contribution in [0, 0.1) is 0 Å². The van der Waals surface area contributed by atoms with Gasteiger partial charge in [-0.15, -0.1) is 0 Å². The normalized spacial score (nSPS) is 20.9. The fraction of sp³-hybridized carbons (Fsp3) is 0.500. The van der Waals surface area contributed by atoms with Crippen LogP contribution in [0.4, 0.5) is 4.79 Å². The van der Waals surface area contributed by atoms with Crippen LogP contribution < -0.4 is 0 Å². The Hall–Kier alpha value is -2.01. The predicted octanol–water partition coefficient (Wildman–Crippen LogP) is 4.23. The second-order valence-corrected chi connectivity index (χ2v) is 8.00. The summed E-state index contributed by atoms with van der Waals surface area (Å²) in [6.45, 7) is 8.18. The third-order valence-electron chi connectivity index (χ3n) is 4.35. The van der Waals surface area contributed by atoms with Crippen molar-refractivity contribution in [1.29, 1.82) is 0 Å². The van der Waals surface area contributed by atoms with E-state index in [1.807, 2.05) is 39.0 Å². The molecule has 0 spiro atoms. The predicted molar refractivity (Wildman–Crippen MR) is 105 cm³/mol. The molecule has 0 aromatic rings. The maximum atomic E-state index is 12.2. The van der Waals surface area contributed by atoms with Crippen LogP contribution in [-0.2, 0) is 4.74 Å². The highest BCUT2D eigenvalue weighted by Gasteiger charge is 2.28. The molecule has 5 nitrogen and oxygen atoms in total.